The number of ketones is 1. The maximum Gasteiger partial charge on any atom is 0.219 e. The predicted molar refractivity (Wildman–Crippen MR) is 62.9 cm³/mol. The van der Waals surface area contributed by atoms with Gasteiger partial charge < -0.3 is 4.90 Å². The number of likely N-dealkylation sites (N-methyl/N-ethyl adjacent to an activating group) is 1. The lowest BCUT2D eigenvalue weighted by Gasteiger charge is -2.25. The number of hydrogen-bond acceptors (Lipinski definition) is 2. The lowest BCUT2D eigenvalue weighted by atomic mass is 10.0. The molecule has 1 unspecified atom stereocenters. The van der Waals surface area contributed by atoms with Gasteiger partial charge >= 0.3 is 0 Å². The van der Waals surface area contributed by atoms with Crippen LogP contribution in [0.3, 0.4) is 0 Å². The highest BCUT2D eigenvalue weighted by Gasteiger charge is 2.24. The molecule has 0 heterocycles. The van der Waals surface area contributed by atoms with Crippen LogP contribution in [-0.2, 0) is 16.0 Å². The number of benzene rings is 1. The van der Waals surface area contributed by atoms with Crippen LogP contribution in [0, 0.1) is 17.5 Å². The molecule has 1 amide bonds. The first kappa shape index (κ1) is 15.2. The van der Waals surface area contributed by atoms with E-state index in [4.69, 9.17) is 0 Å². The van der Waals surface area contributed by atoms with E-state index in [-0.39, 0.29) is 23.7 Å². The van der Waals surface area contributed by atoms with Crippen LogP contribution in [0.2, 0.25) is 0 Å². The predicted octanol–water partition coefficient (Wildman–Crippen LogP) is 2.08. The molecule has 0 saturated heterocycles. The molecule has 104 valence electrons. The minimum Gasteiger partial charge on any atom is -0.336 e. The molecule has 1 aromatic carbocycles. The summed E-state index contributed by atoms with van der Waals surface area (Å²) in [5, 5.41) is 0. The van der Waals surface area contributed by atoms with Crippen molar-refractivity contribution in [2.24, 2.45) is 0 Å². The standard InChI is InChI=1S/C13H14F3NO2/c1-7(18)13(17(3)8(2)19)5-9-4-11(15)12(16)6-10(9)14/h4,6,13H,5H2,1-3H3. The summed E-state index contributed by atoms with van der Waals surface area (Å²) in [5.74, 6) is -4.16. The molecule has 3 nitrogen and oxygen atoms in total. The third-order valence-corrected chi connectivity index (χ3v) is 2.94. The Morgan fingerprint density at radius 1 is 1.11 bits per heavy atom. The van der Waals surface area contributed by atoms with Gasteiger partial charge in [0.1, 0.15) is 5.82 Å². The fraction of sp³-hybridized carbons (Fsp3) is 0.385. The highest BCUT2D eigenvalue weighted by Crippen LogP contribution is 2.17. The van der Waals surface area contributed by atoms with Gasteiger partial charge in [-0.1, -0.05) is 0 Å². The molecule has 0 bridgehead atoms. The minimum absolute atomic E-state index is 0.146. The molecule has 0 aliphatic carbocycles. The lowest BCUT2D eigenvalue weighted by molar-refractivity contribution is -0.135. The van der Waals surface area contributed by atoms with E-state index < -0.39 is 23.5 Å². The Hall–Kier alpha value is -1.85. The van der Waals surface area contributed by atoms with Crippen LogP contribution in [0.1, 0.15) is 19.4 Å². The summed E-state index contributed by atoms with van der Waals surface area (Å²) in [5.41, 5.74) is -0.146. The summed E-state index contributed by atoms with van der Waals surface area (Å²) in [4.78, 5) is 23.8. The average Bonchev–Trinajstić information content (AvgIpc) is 2.30. The number of nitrogens with zero attached hydrogens (tertiary/aromatic N) is 1. The van der Waals surface area contributed by atoms with Crippen molar-refractivity contribution in [1.29, 1.82) is 0 Å². The van der Waals surface area contributed by atoms with E-state index in [1.54, 1.807) is 0 Å². The average molecular weight is 273 g/mol. The zero-order valence-electron chi connectivity index (χ0n) is 10.8. The molecular weight excluding hydrogens is 259 g/mol. The number of carbonyl (C=O) groups is 2. The third kappa shape index (κ3) is 3.56. The molecule has 0 aromatic heterocycles. The SMILES string of the molecule is CC(=O)C(Cc1cc(F)c(F)cc1F)N(C)C(C)=O. The Morgan fingerprint density at radius 2 is 1.63 bits per heavy atom. The molecule has 0 aliphatic rings. The van der Waals surface area contributed by atoms with E-state index >= 15 is 0 Å². The van der Waals surface area contributed by atoms with Gasteiger partial charge in [0, 0.05) is 26.5 Å². The van der Waals surface area contributed by atoms with Crippen molar-refractivity contribution in [3.05, 3.63) is 35.1 Å². The van der Waals surface area contributed by atoms with Crippen molar-refractivity contribution in [3.63, 3.8) is 0 Å². The molecule has 19 heavy (non-hydrogen) atoms. The Labute approximate surface area is 109 Å². The highest BCUT2D eigenvalue weighted by molar-refractivity contribution is 5.86. The zero-order chi connectivity index (χ0) is 14.7. The molecule has 6 heteroatoms. The van der Waals surface area contributed by atoms with Crippen molar-refractivity contribution < 1.29 is 22.8 Å². The molecule has 0 fully saturated rings. The van der Waals surface area contributed by atoms with E-state index in [0.29, 0.717) is 12.1 Å². The summed E-state index contributed by atoms with van der Waals surface area (Å²) < 4.78 is 39.4. The van der Waals surface area contributed by atoms with Gasteiger partial charge in [0.25, 0.3) is 0 Å². The van der Waals surface area contributed by atoms with Gasteiger partial charge in [-0.05, 0) is 18.6 Å². The number of halogens is 3. The van der Waals surface area contributed by atoms with E-state index in [9.17, 15) is 22.8 Å². The van der Waals surface area contributed by atoms with E-state index in [1.165, 1.54) is 20.9 Å². The minimum atomic E-state index is -1.29. The van der Waals surface area contributed by atoms with Crippen molar-refractivity contribution >= 4 is 11.7 Å². The van der Waals surface area contributed by atoms with Gasteiger partial charge in [0.05, 0.1) is 6.04 Å². The largest absolute Gasteiger partial charge is 0.336 e. The second-order valence-corrected chi connectivity index (χ2v) is 4.32. The Balaban J connectivity index is 3.07. The number of hydrogen-bond donors (Lipinski definition) is 0. The maximum absolute atomic E-state index is 13.5. The Kier molecular flexibility index (Phi) is 4.69. The second-order valence-electron chi connectivity index (χ2n) is 4.32. The fourth-order valence-electron chi connectivity index (χ4n) is 1.70. The van der Waals surface area contributed by atoms with Crippen LogP contribution >= 0.6 is 0 Å². The summed E-state index contributed by atoms with van der Waals surface area (Å²) in [6.45, 7) is 2.51. The van der Waals surface area contributed by atoms with Gasteiger partial charge in [0.15, 0.2) is 17.4 Å². The van der Waals surface area contributed by atoms with Crippen LogP contribution in [0.4, 0.5) is 13.2 Å². The van der Waals surface area contributed by atoms with Gasteiger partial charge in [-0.2, -0.15) is 0 Å². The van der Waals surface area contributed by atoms with E-state index in [1.807, 2.05) is 0 Å². The van der Waals surface area contributed by atoms with Gasteiger partial charge in [-0.25, -0.2) is 13.2 Å². The van der Waals surface area contributed by atoms with Crippen molar-refractivity contribution in [2.45, 2.75) is 26.3 Å². The van der Waals surface area contributed by atoms with Crippen molar-refractivity contribution in [2.75, 3.05) is 7.05 Å². The first-order valence-electron chi connectivity index (χ1n) is 5.61. The number of rotatable bonds is 4. The van der Waals surface area contributed by atoms with Crippen molar-refractivity contribution in [1.82, 2.24) is 4.90 Å². The summed E-state index contributed by atoms with van der Waals surface area (Å²) in [7, 11) is 1.40. The molecule has 1 aromatic rings. The molecule has 0 spiro atoms. The molecular formula is C13H14F3NO2. The normalized spacial score (nSPS) is 12.1. The maximum atomic E-state index is 13.5. The van der Waals surface area contributed by atoms with Crippen LogP contribution < -0.4 is 0 Å². The van der Waals surface area contributed by atoms with Gasteiger partial charge in [0.2, 0.25) is 5.91 Å². The summed E-state index contributed by atoms with van der Waals surface area (Å²) in [6.07, 6.45) is -0.200. The summed E-state index contributed by atoms with van der Waals surface area (Å²) >= 11 is 0. The molecule has 1 atom stereocenters. The Morgan fingerprint density at radius 3 is 2.11 bits per heavy atom. The number of Topliss-reactive ketones (excluding diaryl/α,β-unsaturated/α-hetero) is 1. The number of amides is 1. The van der Waals surface area contributed by atoms with Crippen LogP contribution in [-0.4, -0.2) is 29.7 Å². The summed E-state index contributed by atoms with van der Waals surface area (Å²) in [6, 6.07) is 0.223. The number of carbonyl (C=O) groups excluding carboxylic acids is 2. The van der Waals surface area contributed by atoms with Gasteiger partial charge in [-0.3, -0.25) is 9.59 Å². The first-order chi connectivity index (χ1) is 8.73. The zero-order valence-corrected chi connectivity index (χ0v) is 10.8. The second kappa shape index (κ2) is 5.86. The van der Waals surface area contributed by atoms with Crippen LogP contribution in [0.5, 0.6) is 0 Å². The molecule has 0 aliphatic heterocycles. The van der Waals surface area contributed by atoms with Crippen LogP contribution in [0.15, 0.2) is 12.1 Å². The first-order valence-corrected chi connectivity index (χ1v) is 5.61. The molecule has 0 saturated carbocycles. The van der Waals surface area contributed by atoms with E-state index in [0.717, 1.165) is 4.90 Å². The van der Waals surface area contributed by atoms with Crippen LogP contribution in [0.25, 0.3) is 0 Å². The van der Waals surface area contributed by atoms with Gasteiger partial charge in [-0.15, -0.1) is 0 Å². The van der Waals surface area contributed by atoms with Crippen molar-refractivity contribution in [3.8, 4) is 0 Å². The monoisotopic (exact) mass is 273 g/mol. The Bertz CT molecular complexity index is 517. The molecule has 0 N–H and O–H groups in total. The third-order valence-electron chi connectivity index (χ3n) is 2.94. The molecule has 1 rings (SSSR count). The smallest absolute Gasteiger partial charge is 0.219 e. The highest BCUT2D eigenvalue weighted by atomic mass is 19.2. The van der Waals surface area contributed by atoms with E-state index in [2.05, 4.69) is 0 Å². The topological polar surface area (TPSA) is 37.4 Å². The fourth-order valence-corrected chi connectivity index (χ4v) is 1.70. The lowest BCUT2D eigenvalue weighted by Crippen LogP contribution is -2.42. The quantitative estimate of drug-likeness (QED) is 0.788. The molecule has 0 radical (unpaired) electrons.